The summed E-state index contributed by atoms with van der Waals surface area (Å²) < 4.78 is 7.99. The van der Waals surface area contributed by atoms with Gasteiger partial charge >= 0.3 is 5.69 Å². The predicted octanol–water partition coefficient (Wildman–Crippen LogP) is 0.597. The van der Waals surface area contributed by atoms with Crippen LogP contribution in [0.1, 0.15) is 13.3 Å². The van der Waals surface area contributed by atoms with Crippen LogP contribution in [-0.2, 0) is 0 Å². The number of aromatic amines is 1. The number of H-pyrrole nitrogens is 1. The van der Waals surface area contributed by atoms with Gasteiger partial charge in [-0.25, -0.2) is 4.79 Å². The van der Waals surface area contributed by atoms with Gasteiger partial charge in [-0.1, -0.05) is 6.92 Å². The largest absolute Gasteiger partial charge is 0.368 e. The fourth-order valence-electron chi connectivity index (χ4n) is 1.08. The highest BCUT2D eigenvalue weighted by Gasteiger charge is 2.07. The molecule has 0 radical (unpaired) electrons. The molecule has 0 fully saturated rings. The number of hydrogen-bond donors (Lipinski definition) is 2. The van der Waals surface area contributed by atoms with Gasteiger partial charge in [0.05, 0.1) is 11.7 Å². The Kier molecular flexibility index (Phi) is 2.40. The van der Waals surface area contributed by atoms with Crippen LogP contribution < -0.4 is 11.0 Å². The first kappa shape index (κ1) is 9.07. The first-order valence-electron chi connectivity index (χ1n) is 4.27. The van der Waals surface area contributed by atoms with Crippen molar-refractivity contribution in [2.75, 3.05) is 11.9 Å². The number of nitrogens with one attached hydrogen (secondary N) is 2. The lowest BCUT2D eigenvalue weighted by Crippen LogP contribution is -2.14. The van der Waals surface area contributed by atoms with E-state index >= 15 is 0 Å². The van der Waals surface area contributed by atoms with Crippen molar-refractivity contribution in [3.63, 3.8) is 0 Å². The van der Waals surface area contributed by atoms with Gasteiger partial charge in [0.2, 0.25) is 0 Å². The number of nitrogens with zero attached hydrogens (tertiary/aromatic N) is 3. The van der Waals surface area contributed by atoms with Crippen molar-refractivity contribution in [1.29, 1.82) is 0 Å². The third kappa shape index (κ3) is 1.58. The van der Waals surface area contributed by atoms with Crippen LogP contribution in [0.2, 0.25) is 0 Å². The summed E-state index contributed by atoms with van der Waals surface area (Å²) in [7, 11) is 0. The normalized spacial score (nSPS) is 10.6. The molecule has 74 valence electrons. The zero-order valence-corrected chi connectivity index (χ0v) is 8.39. The molecule has 2 N–H and O–H groups in total. The average molecular weight is 211 g/mol. The van der Waals surface area contributed by atoms with Crippen molar-refractivity contribution in [2.24, 2.45) is 0 Å². The monoisotopic (exact) mass is 211 g/mol. The summed E-state index contributed by atoms with van der Waals surface area (Å²) >= 11 is 1.06. The highest BCUT2D eigenvalue weighted by molar-refractivity contribution is 7.00. The molecule has 0 saturated heterocycles. The molecule has 7 heteroatoms. The van der Waals surface area contributed by atoms with E-state index in [0.717, 1.165) is 24.7 Å². The van der Waals surface area contributed by atoms with Crippen LogP contribution in [0, 0.1) is 0 Å². The first-order valence-corrected chi connectivity index (χ1v) is 5.00. The van der Waals surface area contributed by atoms with Gasteiger partial charge in [-0.3, -0.25) is 4.98 Å². The summed E-state index contributed by atoms with van der Waals surface area (Å²) in [6, 6.07) is 0. The molecule has 2 aromatic rings. The van der Waals surface area contributed by atoms with E-state index < -0.39 is 5.69 Å². The van der Waals surface area contributed by atoms with Crippen molar-refractivity contribution in [1.82, 2.24) is 18.7 Å². The van der Waals surface area contributed by atoms with E-state index in [1.165, 1.54) is 0 Å². The zero-order valence-electron chi connectivity index (χ0n) is 7.57. The molecule has 2 heterocycles. The Morgan fingerprint density at radius 1 is 1.50 bits per heavy atom. The number of anilines is 1. The smallest absolute Gasteiger partial charge is 0.348 e. The fraction of sp³-hybridized carbons (Fsp3) is 0.429. The van der Waals surface area contributed by atoms with E-state index in [4.69, 9.17) is 0 Å². The molecule has 0 aliphatic carbocycles. The molecule has 2 rings (SSSR count). The van der Waals surface area contributed by atoms with Crippen molar-refractivity contribution >= 4 is 28.7 Å². The second-order valence-corrected chi connectivity index (χ2v) is 3.31. The van der Waals surface area contributed by atoms with Gasteiger partial charge in [-0.2, -0.15) is 13.7 Å². The third-order valence-corrected chi connectivity index (χ3v) is 2.22. The molecule has 0 saturated carbocycles. The van der Waals surface area contributed by atoms with E-state index in [2.05, 4.69) is 24.0 Å². The number of rotatable bonds is 3. The molecule has 0 unspecified atom stereocenters. The minimum atomic E-state index is -0.399. The van der Waals surface area contributed by atoms with Crippen LogP contribution in [0.25, 0.3) is 11.2 Å². The van der Waals surface area contributed by atoms with Gasteiger partial charge in [0.25, 0.3) is 0 Å². The highest BCUT2D eigenvalue weighted by Crippen LogP contribution is 2.14. The van der Waals surface area contributed by atoms with Gasteiger partial charge < -0.3 is 5.32 Å². The fourth-order valence-corrected chi connectivity index (χ4v) is 1.59. The molecule has 14 heavy (non-hydrogen) atoms. The maximum Gasteiger partial charge on any atom is 0.348 e. The van der Waals surface area contributed by atoms with Crippen molar-refractivity contribution < 1.29 is 0 Å². The van der Waals surface area contributed by atoms with Crippen LogP contribution in [0.4, 0.5) is 5.82 Å². The molecule has 0 amide bonds. The molecule has 0 aliphatic rings. The Morgan fingerprint density at radius 2 is 2.36 bits per heavy atom. The molecule has 0 atom stereocenters. The zero-order chi connectivity index (χ0) is 9.97. The summed E-state index contributed by atoms with van der Waals surface area (Å²) in [5.74, 6) is 0.513. The summed E-state index contributed by atoms with van der Waals surface area (Å²) in [5, 5.41) is 3.04. The average Bonchev–Trinajstić information content (AvgIpc) is 2.61. The number of fused-ring (bicyclic) bond motifs is 1. The van der Waals surface area contributed by atoms with E-state index in [1.54, 1.807) is 0 Å². The van der Waals surface area contributed by atoms with Crippen LogP contribution in [0.3, 0.4) is 0 Å². The number of hydrogen-bond acceptors (Lipinski definition) is 6. The molecule has 0 bridgehead atoms. The van der Waals surface area contributed by atoms with E-state index in [9.17, 15) is 4.79 Å². The van der Waals surface area contributed by atoms with Crippen molar-refractivity contribution in [3.05, 3.63) is 10.5 Å². The lowest BCUT2D eigenvalue weighted by atomic mass is 10.4. The predicted molar refractivity (Wildman–Crippen MR) is 54.6 cm³/mol. The quantitative estimate of drug-likeness (QED) is 0.776. The van der Waals surface area contributed by atoms with Crippen LogP contribution in [-0.4, -0.2) is 25.3 Å². The van der Waals surface area contributed by atoms with E-state index in [1.807, 2.05) is 6.92 Å². The van der Waals surface area contributed by atoms with Gasteiger partial charge in [0.15, 0.2) is 17.0 Å². The Morgan fingerprint density at radius 3 is 3.14 bits per heavy atom. The second-order valence-electron chi connectivity index (χ2n) is 2.78. The third-order valence-electron chi connectivity index (χ3n) is 1.69. The Bertz CT molecular complexity index is 490. The standard InChI is InChI=1S/C7H9N5OS/c1-2-3-8-5-4-6(12-14-11-4)10-7(13)9-5/h2-3H2,1H3,(H2,8,9,10,12,13). The molecule has 0 aliphatic heterocycles. The Labute approximate surface area is 83.7 Å². The lowest BCUT2D eigenvalue weighted by Gasteiger charge is -2.01. The number of aromatic nitrogens is 4. The van der Waals surface area contributed by atoms with Gasteiger partial charge in [0, 0.05) is 6.54 Å². The molecule has 2 aromatic heterocycles. The minimum Gasteiger partial charge on any atom is -0.368 e. The van der Waals surface area contributed by atoms with E-state index in [0.29, 0.717) is 17.0 Å². The highest BCUT2D eigenvalue weighted by atomic mass is 32.1. The van der Waals surface area contributed by atoms with Crippen molar-refractivity contribution in [3.8, 4) is 0 Å². The molecule has 0 spiro atoms. The van der Waals surface area contributed by atoms with Gasteiger partial charge in [-0.15, -0.1) is 0 Å². The Hall–Kier alpha value is -1.50. The summed E-state index contributed by atoms with van der Waals surface area (Å²) in [5.41, 5.74) is 0.723. The van der Waals surface area contributed by atoms with Gasteiger partial charge in [-0.05, 0) is 6.42 Å². The SMILES string of the molecule is CCCNc1nc(=O)[nH]c2nsnc12. The molecule has 6 nitrogen and oxygen atoms in total. The Balaban J connectivity index is 2.50. The van der Waals surface area contributed by atoms with E-state index in [-0.39, 0.29) is 0 Å². The summed E-state index contributed by atoms with van der Waals surface area (Å²) in [4.78, 5) is 17.4. The maximum absolute atomic E-state index is 11.1. The molecule has 0 aromatic carbocycles. The topological polar surface area (TPSA) is 83.6 Å². The molecular weight excluding hydrogens is 202 g/mol. The minimum absolute atomic E-state index is 0.399. The maximum atomic E-state index is 11.1. The summed E-state index contributed by atoms with van der Waals surface area (Å²) in [6.07, 6.45) is 0.966. The first-order chi connectivity index (χ1) is 6.81. The lowest BCUT2D eigenvalue weighted by molar-refractivity contribution is 0.962. The van der Waals surface area contributed by atoms with Crippen molar-refractivity contribution in [2.45, 2.75) is 13.3 Å². The van der Waals surface area contributed by atoms with Crippen LogP contribution in [0.15, 0.2) is 4.79 Å². The summed E-state index contributed by atoms with van der Waals surface area (Å²) in [6.45, 7) is 2.81. The second kappa shape index (κ2) is 3.70. The van der Waals surface area contributed by atoms with Crippen LogP contribution >= 0.6 is 11.7 Å². The van der Waals surface area contributed by atoms with Crippen LogP contribution in [0.5, 0.6) is 0 Å². The van der Waals surface area contributed by atoms with Gasteiger partial charge in [0.1, 0.15) is 0 Å². The molecular formula is C7H9N5OS.